The highest BCUT2D eigenvalue weighted by Gasteiger charge is 2.27. The maximum atomic E-state index is 11.3. The van der Waals surface area contributed by atoms with Crippen LogP contribution in [0.1, 0.15) is 5.56 Å². The number of hydrogen-bond donors (Lipinski definition) is 0. The van der Waals surface area contributed by atoms with E-state index in [1.165, 1.54) is 0 Å². The van der Waals surface area contributed by atoms with Crippen molar-refractivity contribution < 1.29 is 0 Å². The minimum atomic E-state index is 0.516. The number of fused-ring (bicyclic) bond motifs is 14. The van der Waals surface area contributed by atoms with Gasteiger partial charge in [-0.1, -0.05) is 140 Å². The molecule has 0 fully saturated rings. The standard InChI is InChI=1S/C62H36N6/c1-64-41-18-16-17-39(35-41)50-37-58(68-52-28-13-9-24-45(52)47-32-34-56-60(62(47)68)49-26-11-15-30-54(49)66(56)43-21-6-3-7-22-43)57(36-40(50)38-63)67-51-27-12-8-23-44(51)46-31-33-55-59(61(46)67)48-25-10-14-29-53(48)65(55)42-19-4-2-5-20-42/h2-37H. The van der Waals surface area contributed by atoms with E-state index in [0.29, 0.717) is 11.3 Å². The van der Waals surface area contributed by atoms with Gasteiger partial charge in [-0.2, -0.15) is 5.26 Å². The van der Waals surface area contributed by atoms with Crippen LogP contribution in [0.4, 0.5) is 5.69 Å². The number of benzene rings is 10. The maximum absolute atomic E-state index is 11.3. The summed E-state index contributed by atoms with van der Waals surface area (Å²) in [6.45, 7) is 7.96. The Balaban J connectivity index is 1.22. The lowest BCUT2D eigenvalue weighted by atomic mass is 9.97. The van der Waals surface area contributed by atoms with E-state index >= 15 is 0 Å². The van der Waals surface area contributed by atoms with Crippen LogP contribution in [0.15, 0.2) is 218 Å². The maximum Gasteiger partial charge on any atom is 0.187 e. The van der Waals surface area contributed by atoms with E-state index in [0.717, 1.165) is 121 Å². The second kappa shape index (κ2) is 14.4. The van der Waals surface area contributed by atoms with E-state index in [1.54, 1.807) is 0 Å². The van der Waals surface area contributed by atoms with Crippen molar-refractivity contribution in [1.82, 2.24) is 18.3 Å². The first-order valence-electron chi connectivity index (χ1n) is 22.8. The molecule has 0 unspecified atom stereocenters. The van der Waals surface area contributed by atoms with Gasteiger partial charge in [0.1, 0.15) is 0 Å². The first kappa shape index (κ1) is 37.7. The van der Waals surface area contributed by atoms with Crippen LogP contribution < -0.4 is 0 Å². The van der Waals surface area contributed by atoms with Crippen LogP contribution in [-0.4, -0.2) is 18.3 Å². The van der Waals surface area contributed by atoms with Gasteiger partial charge in [-0.25, -0.2) is 4.85 Å². The van der Waals surface area contributed by atoms with Gasteiger partial charge in [0.25, 0.3) is 0 Å². The summed E-state index contributed by atoms with van der Waals surface area (Å²) < 4.78 is 9.60. The zero-order chi connectivity index (χ0) is 45.0. The van der Waals surface area contributed by atoms with Crippen LogP contribution in [0, 0.1) is 17.9 Å². The molecule has 0 spiro atoms. The molecule has 0 radical (unpaired) electrons. The predicted molar refractivity (Wildman–Crippen MR) is 280 cm³/mol. The van der Waals surface area contributed by atoms with Crippen LogP contribution in [0.25, 0.3) is 126 Å². The Morgan fingerprint density at radius 1 is 0.368 bits per heavy atom. The van der Waals surface area contributed by atoms with Crippen molar-refractivity contribution >= 4 is 92.9 Å². The molecule has 14 rings (SSSR count). The normalized spacial score (nSPS) is 11.8. The highest BCUT2D eigenvalue weighted by Crippen LogP contribution is 2.47. The Bertz CT molecular complexity index is 4510. The van der Waals surface area contributed by atoms with Gasteiger partial charge < -0.3 is 18.3 Å². The summed E-state index contributed by atoms with van der Waals surface area (Å²) in [6, 6.07) is 79.6. The van der Waals surface area contributed by atoms with Crippen molar-refractivity contribution in [3.05, 3.63) is 235 Å². The lowest BCUT2D eigenvalue weighted by Crippen LogP contribution is -2.06. The van der Waals surface area contributed by atoms with Gasteiger partial charge in [0.05, 0.1) is 73.7 Å². The fraction of sp³-hybridized carbons (Fsp3) is 0. The van der Waals surface area contributed by atoms with Gasteiger partial charge in [-0.3, -0.25) is 0 Å². The lowest BCUT2D eigenvalue weighted by molar-refractivity contribution is 1.10. The van der Waals surface area contributed by atoms with Crippen LogP contribution in [0.2, 0.25) is 0 Å². The van der Waals surface area contributed by atoms with Crippen LogP contribution in [-0.2, 0) is 0 Å². The Morgan fingerprint density at radius 2 is 0.809 bits per heavy atom. The smallest absolute Gasteiger partial charge is 0.187 e. The van der Waals surface area contributed by atoms with E-state index in [9.17, 15) is 5.26 Å². The summed E-state index contributed by atoms with van der Waals surface area (Å²) in [7, 11) is 0. The molecule has 6 nitrogen and oxygen atoms in total. The topological polar surface area (TPSA) is 47.9 Å². The number of para-hydroxylation sites is 6. The molecule has 0 N–H and O–H groups in total. The summed E-state index contributed by atoms with van der Waals surface area (Å²) in [4.78, 5) is 3.81. The molecule has 0 bridgehead atoms. The van der Waals surface area contributed by atoms with Crippen molar-refractivity contribution in [3.63, 3.8) is 0 Å². The van der Waals surface area contributed by atoms with E-state index < -0.39 is 0 Å². The minimum absolute atomic E-state index is 0.516. The zero-order valence-electron chi connectivity index (χ0n) is 36.5. The molecule has 68 heavy (non-hydrogen) atoms. The van der Waals surface area contributed by atoms with Crippen LogP contribution >= 0.6 is 0 Å². The van der Waals surface area contributed by atoms with Crippen LogP contribution in [0.5, 0.6) is 0 Å². The number of hydrogen-bond acceptors (Lipinski definition) is 1. The summed E-state index contributed by atoms with van der Waals surface area (Å²) in [5.41, 5.74) is 15.2. The van der Waals surface area contributed by atoms with E-state index in [4.69, 9.17) is 6.57 Å². The van der Waals surface area contributed by atoms with Crippen molar-refractivity contribution in [2.24, 2.45) is 0 Å². The fourth-order valence-electron chi connectivity index (χ4n) is 11.2. The van der Waals surface area contributed by atoms with Crippen molar-refractivity contribution in [1.29, 1.82) is 5.26 Å². The molecule has 0 saturated carbocycles. The molecular formula is C62H36N6. The number of rotatable bonds is 5. The lowest BCUT2D eigenvalue weighted by Gasteiger charge is -2.20. The number of nitriles is 1. The third-order valence-corrected chi connectivity index (χ3v) is 14.0. The van der Waals surface area contributed by atoms with Crippen molar-refractivity contribution in [2.45, 2.75) is 0 Å². The van der Waals surface area contributed by atoms with Crippen molar-refractivity contribution in [2.75, 3.05) is 0 Å². The van der Waals surface area contributed by atoms with Gasteiger partial charge in [0.2, 0.25) is 0 Å². The van der Waals surface area contributed by atoms with E-state index in [2.05, 4.69) is 223 Å². The monoisotopic (exact) mass is 864 g/mol. The molecule has 0 aliphatic rings. The molecule has 0 aliphatic heterocycles. The summed E-state index contributed by atoms with van der Waals surface area (Å²) in [5, 5.41) is 20.4. The molecule has 4 aromatic heterocycles. The fourth-order valence-corrected chi connectivity index (χ4v) is 11.2. The van der Waals surface area contributed by atoms with Crippen molar-refractivity contribution in [3.8, 4) is 39.9 Å². The van der Waals surface area contributed by atoms with Gasteiger partial charge >= 0.3 is 0 Å². The summed E-state index contributed by atoms with van der Waals surface area (Å²) in [6.07, 6.45) is 0. The molecule has 6 heteroatoms. The Labute approximate surface area is 390 Å². The molecule has 0 atom stereocenters. The quantitative estimate of drug-likeness (QED) is 0.159. The Kier molecular flexibility index (Phi) is 8.01. The molecule has 0 aliphatic carbocycles. The highest BCUT2D eigenvalue weighted by molar-refractivity contribution is 6.28. The van der Waals surface area contributed by atoms with Gasteiger partial charge in [0, 0.05) is 60.0 Å². The summed E-state index contributed by atoms with van der Waals surface area (Å²) >= 11 is 0. The second-order valence-electron chi connectivity index (χ2n) is 17.5. The molecule has 0 saturated heterocycles. The second-order valence-corrected chi connectivity index (χ2v) is 17.5. The molecule has 4 heterocycles. The van der Waals surface area contributed by atoms with E-state index in [1.807, 2.05) is 24.3 Å². The van der Waals surface area contributed by atoms with Gasteiger partial charge in [-0.15, -0.1) is 0 Å². The Hall–Kier alpha value is -9.62. The zero-order valence-corrected chi connectivity index (χ0v) is 36.5. The number of nitrogens with zero attached hydrogens (tertiary/aromatic N) is 6. The molecular weight excluding hydrogens is 829 g/mol. The van der Waals surface area contributed by atoms with Gasteiger partial charge in [-0.05, 0) is 84.4 Å². The third-order valence-electron chi connectivity index (χ3n) is 14.0. The Morgan fingerprint density at radius 3 is 1.29 bits per heavy atom. The first-order chi connectivity index (χ1) is 33.7. The SMILES string of the molecule is [C-]#[N+]c1cccc(-c2cc(-n3c4ccccc4c4ccc5c(c6ccccc6n5-c5ccccc5)c43)c(-n3c4ccccc4c4ccc5c(c6ccccc6n5-c5ccccc5)c43)cc2C#N)c1. The predicted octanol–water partition coefficient (Wildman–Crippen LogP) is 16.2. The molecule has 314 valence electrons. The molecule has 14 aromatic rings. The third kappa shape index (κ3) is 5.20. The average molecular weight is 865 g/mol. The summed E-state index contributed by atoms with van der Waals surface area (Å²) in [5.74, 6) is 0. The average Bonchev–Trinajstić information content (AvgIpc) is 4.14. The molecule has 10 aromatic carbocycles. The minimum Gasteiger partial charge on any atom is -0.309 e. The van der Waals surface area contributed by atoms with E-state index in [-0.39, 0.29) is 0 Å². The van der Waals surface area contributed by atoms with Crippen LogP contribution in [0.3, 0.4) is 0 Å². The molecule has 0 amide bonds. The first-order valence-corrected chi connectivity index (χ1v) is 22.8. The highest BCUT2D eigenvalue weighted by atomic mass is 15.1. The largest absolute Gasteiger partial charge is 0.309 e. The number of aromatic nitrogens is 4. The van der Waals surface area contributed by atoms with Gasteiger partial charge in [0.15, 0.2) is 5.69 Å².